The minimum absolute atomic E-state index is 0.00640. The first kappa shape index (κ1) is 14.7. The van der Waals surface area contributed by atoms with Crippen LogP contribution in [0.3, 0.4) is 0 Å². The van der Waals surface area contributed by atoms with Gasteiger partial charge in [-0.2, -0.15) is 0 Å². The predicted molar refractivity (Wildman–Crippen MR) is 77.9 cm³/mol. The lowest BCUT2D eigenvalue weighted by molar-refractivity contribution is -0.384. The van der Waals surface area contributed by atoms with Crippen LogP contribution in [0.5, 0.6) is 0 Å². The van der Waals surface area contributed by atoms with Gasteiger partial charge < -0.3 is 4.42 Å². The van der Waals surface area contributed by atoms with Gasteiger partial charge in [-0.3, -0.25) is 20.2 Å². The molecule has 3 rings (SSSR count). The van der Waals surface area contributed by atoms with E-state index in [-0.39, 0.29) is 24.7 Å². The summed E-state index contributed by atoms with van der Waals surface area (Å²) in [5.74, 6) is 0.748. The Morgan fingerprint density at radius 2 is 1.96 bits per heavy atom. The van der Waals surface area contributed by atoms with Crippen molar-refractivity contribution in [1.29, 1.82) is 0 Å². The smallest absolute Gasteiger partial charge is 0.338 e. The summed E-state index contributed by atoms with van der Waals surface area (Å²) in [4.78, 5) is 32.6. The molecule has 1 aliphatic heterocycles. The molecule has 0 bridgehead atoms. The van der Waals surface area contributed by atoms with Crippen molar-refractivity contribution in [3.05, 3.63) is 52.3 Å². The second-order valence-electron chi connectivity index (χ2n) is 4.84. The van der Waals surface area contributed by atoms with Gasteiger partial charge in [0.05, 0.1) is 11.5 Å². The van der Waals surface area contributed by atoms with E-state index < -0.39 is 11.0 Å². The van der Waals surface area contributed by atoms with Crippen molar-refractivity contribution in [1.82, 2.24) is 15.8 Å². The molecule has 1 aromatic carbocycles. The number of nitrogens with one attached hydrogen (secondary N) is 2. The van der Waals surface area contributed by atoms with Gasteiger partial charge in [0.25, 0.3) is 5.69 Å². The molecule has 1 fully saturated rings. The average Bonchev–Trinajstić information content (AvgIpc) is 3.11. The molecular weight excluding hydrogens is 304 g/mol. The zero-order valence-corrected chi connectivity index (χ0v) is 11.8. The molecule has 23 heavy (non-hydrogen) atoms. The molecule has 0 radical (unpaired) electrons. The molecule has 1 aromatic heterocycles. The van der Waals surface area contributed by atoms with Gasteiger partial charge in [-0.05, 0) is 24.3 Å². The summed E-state index contributed by atoms with van der Waals surface area (Å²) in [6.07, 6.45) is 0. The van der Waals surface area contributed by atoms with Crippen LogP contribution in [0.1, 0.15) is 5.76 Å². The van der Waals surface area contributed by atoms with Crippen LogP contribution in [0, 0.1) is 10.1 Å². The molecule has 0 saturated carbocycles. The van der Waals surface area contributed by atoms with Gasteiger partial charge in [0.15, 0.2) is 0 Å². The van der Waals surface area contributed by atoms with Crippen LogP contribution in [0.2, 0.25) is 0 Å². The Morgan fingerprint density at radius 3 is 2.57 bits per heavy atom. The molecule has 1 aliphatic rings. The van der Waals surface area contributed by atoms with Crippen LogP contribution in [0.15, 0.2) is 40.8 Å². The van der Waals surface area contributed by atoms with Gasteiger partial charge in [0.2, 0.25) is 5.91 Å². The van der Waals surface area contributed by atoms with Gasteiger partial charge in [-0.15, -0.1) is 0 Å². The van der Waals surface area contributed by atoms with E-state index in [9.17, 15) is 19.7 Å². The lowest BCUT2D eigenvalue weighted by Crippen LogP contribution is -2.39. The fraction of sp³-hybridized carbons (Fsp3) is 0.143. The maximum absolute atomic E-state index is 11.4. The van der Waals surface area contributed by atoms with Crippen molar-refractivity contribution in [3.63, 3.8) is 0 Å². The van der Waals surface area contributed by atoms with E-state index in [2.05, 4.69) is 10.7 Å². The third kappa shape index (κ3) is 3.19. The third-order valence-electron chi connectivity index (χ3n) is 3.26. The normalized spacial score (nSPS) is 14.2. The van der Waals surface area contributed by atoms with Crippen LogP contribution >= 0.6 is 0 Å². The third-order valence-corrected chi connectivity index (χ3v) is 3.26. The maximum Gasteiger partial charge on any atom is 0.338 e. The van der Waals surface area contributed by atoms with Crippen molar-refractivity contribution < 1.29 is 18.9 Å². The number of urea groups is 1. The number of hydrogen-bond acceptors (Lipinski definition) is 6. The summed E-state index contributed by atoms with van der Waals surface area (Å²) in [7, 11) is 0. The highest BCUT2D eigenvalue weighted by Crippen LogP contribution is 2.24. The molecule has 1 saturated heterocycles. The van der Waals surface area contributed by atoms with Crippen LogP contribution in [0.4, 0.5) is 10.5 Å². The summed E-state index contributed by atoms with van der Waals surface area (Å²) in [6.45, 7) is 0.183. The highest BCUT2D eigenvalue weighted by atomic mass is 16.6. The number of non-ortho nitro benzene ring substituents is 1. The van der Waals surface area contributed by atoms with Crippen LogP contribution < -0.4 is 10.7 Å². The minimum Gasteiger partial charge on any atom is -0.460 e. The molecule has 2 aromatic rings. The van der Waals surface area contributed by atoms with E-state index in [0.717, 1.165) is 5.01 Å². The first-order chi connectivity index (χ1) is 11.0. The van der Waals surface area contributed by atoms with E-state index in [1.165, 1.54) is 12.1 Å². The molecular formula is C14H12N4O5. The van der Waals surface area contributed by atoms with Crippen molar-refractivity contribution in [3.8, 4) is 11.3 Å². The summed E-state index contributed by atoms with van der Waals surface area (Å²) < 4.78 is 5.62. The Labute approximate surface area is 130 Å². The molecule has 0 atom stereocenters. The number of amides is 3. The molecule has 2 N–H and O–H groups in total. The molecule has 0 spiro atoms. The number of benzene rings is 1. The number of carbonyl (C=O) groups excluding carboxylic acids is 2. The van der Waals surface area contributed by atoms with Crippen LogP contribution in [-0.2, 0) is 11.3 Å². The Hall–Kier alpha value is -3.20. The van der Waals surface area contributed by atoms with Crippen molar-refractivity contribution in [2.24, 2.45) is 0 Å². The van der Waals surface area contributed by atoms with E-state index in [1.54, 1.807) is 24.3 Å². The fourth-order valence-electron chi connectivity index (χ4n) is 2.12. The maximum atomic E-state index is 11.4. The molecule has 0 unspecified atom stereocenters. The van der Waals surface area contributed by atoms with Gasteiger partial charge in [-0.1, -0.05) is 0 Å². The standard InChI is InChI=1S/C14H12N4O5/c19-13-8-17(14(20)16-13)15-7-11-5-6-12(23-11)9-1-3-10(4-2-9)18(21)22/h1-6,15H,7-8H2,(H,16,19,20). The number of hydrazine groups is 1. The number of nitrogens with zero attached hydrogens (tertiary/aromatic N) is 2. The lowest BCUT2D eigenvalue weighted by Gasteiger charge is -2.13. The molecule has 3 amide bonds. The average molecular weight is 316 g/mol. The number of rotatable bonds is 5. The van der Waals surface area contributed by atoms with Crippen LogP contribution in [0.25, 0.3) is 11.3 Å². The summed E-state index contributed by atoms with van der Waals surface area (Å²) in [6, 6.07) is 8.94. The second-order valence-corrected chi connectivity index (χ2v) is 4.84. The number of furan rings is 1. The SMILES string of the molecule is O=C1CN(NCc2ccc(-c3ccc([N+](=O)[O-])cc3)o2)C(=O)N1. The quantitative estimate of drug-likeness (QED) is 0.489. The molecule has 118 valence electrons. The first-order valence-corrected chi connectivity index (χ1v) is 6.71. The largest absolute Gasteiger partial charge is 0.460 e. The molecule has 9 heteroatoms. The van der Waals surface area contributed by atoms with Crippen LogP contribution in [-0.4, -0.2) is 28.4 Å². The predicted octanol–water partition coefficient (Wildman–Crippen LogP) is 1.41. The summed E-state index contributed by atoms with van der Waals surface area (Å²) in [5.41, 5.74) is 3.50. The Bertz CT molecular complexity index is 768. The minimum atomic E-state index is -0.503. The monoisotopic (exact) mass is 316 g/mol. The highest BCUT2D eigenvalue weighted by Gasteiger charge is 2.26. The zero-order valence-electron chi connectivity index (χ0n) is 11.8. The van der Waals surface area contributed by atoms with Gasteiger partial charge in [0.1, 0.15) is 18.1 Å². The van der Waals surface area contributed by atoms with E-state index in [0.29, 0.717) is 17.1 Å². The fourth-order valence-corrected chi connectivity index (χ4v) is 2.12. The van der Waals surface area contributed by atoms with E-state index in [4.69, 9.17) is 4.42 Å². The number of carbonyl (C=O) groups is 2. The molecule has 2 heterocycles. The van der Waals surface area contributed by atoms with Crippen molar-refractivity contribution in [2.75, 3.05) is 6.54 Å². The Kier molecular flexibility index (Phi) is 3.77. The topological polar surface area (TPSA) is 118 Å². The second kappa shape index (κ2) is 5.89. The number of imide groups is 1. The molecule has 9 nitrogen and oxygen atoms in total. The zero-order chi connectivity index (χ0) is 16.4. The van der Waals surface area contributed by atoms with Gasteiger partial charge >= 0.3 is 6.03 Å². The van der Waals surface area contributed by atoms with Gasteiger partial charge in [-0.25, -0.2) is 15.2 Å². The van der Waals surface area contributed by atoms with Crippen molar-refractivity contribution >= 4 is 17.6 Å². The number of nitro groups is 1. The Balaban J connectivity index is 1.65. The summed E-state index contributed by atoms with van der Waals surface area (Å²) in [5, 5.41) is 13.9. The first-order valence-electron chi connectivity index (χ1n) is 6.71. The number of hydrogen-bond donors (Lipinski definition) is 2. The lowest BCUT2D eigenvalue weighted by atomic mass is 10.1. The van der Waals surface area contributed by atoms with Crippen molar-refractivity contribution in [2.45, 2.75) is 6.54 Å². The molecule has 0 aliphatic carbocycles. The highest BCUT2D eigenvalue weighted by molar-refractivity contribution is 6.01. The van der Waals surface area contributed by atoms with E-state index in [1.807, 2.05) is 0 Å². The van der Waals surface area contributed by atoms with Gasteiger partial charge in [0, 0.05) is 17.7 Å². The summed E-state index contributed by atoms with van der Waals surface area (Å²) >= 11 is 0. The Morgan fingerprint density at radius 1 is 1.22 bits per heavy atom. The number of nitro benzene ring substituents is 1. The van der Waals surface area contributed by atoms with E-state index >= 15 is 0 Å².